The van der Waals surface area contributed by atoms with Crippen LogP contribution in [0.5, 0.6) is 0 Å². The van der Waals surface area contributed by atoms with Crippen molar-refractivity contribution in [3.8, 4) is 0 Å². The zero-order valence-corrected chi connectivity index (χ0v) is 16.5. The molecule has 0 fully saturated rings. The van der Waals surface area contributed by atoms with Gasteiger partial charge in [0, 0.05) is 43.8 Å². The van der Waals surface area contributed by atoms with Gasteiger partial charge in [-0.2, -0.15) is 5.10 Å². The quantitative estimate of drug-likeness (QED) is 0.694. The number of aromatic amines is 1. The third kappa shape index (κ3) is 4.10. The minimum Gasteiger partial charge on any atom is -0.337 e. The average molecular weight is 369 g/mol. The van der Waals surface area contributed by atoms with Crippen LogP contribution in [0.4, 0.5) is 0 Å². The lowest BCUT2D eigenvalue weighted by atomic mass is 10.2. The van der Waals surface area contributed by atoms with Crippen molar-refractivity contribution in [2.45, 2.75) is 52.7 Å². The molecule has 0 saturated heterocycles. The van der Waals surface area contributed by atoms with Gasteiger partial charge in [-0.05, 0) is 19.9 Å². The molecule has 3 aromatic heterocycles. The molecular formula is C19H27N7O. The molecule has 8 heteroatoms. The fourth-order valence-electron chi connectivity index (χ4n) is 3.03. The third-order valence-corrected chi connectivity index (χ3v) is 4.57. The second kappa shape index (κ2) is 7.77. The van der Waals surface area contributed by atoms with Gasteiger partial charge in [0.15, 0.2) is 5.69 Å². The summed E-state index contributed by atoms with van der Waals surface area (Å²) in [4.78, 5) is 23.5. The minimum absolute atomic E-state index is 0.0375. The highest BCUT2D eigenvalue weighted by atomic mass is 16.2. The SMILES string of the molecule is CC(C)c1nccn1Cc1cc(C(=O)N(Cc2nccn2C)C(C)C)n[nH]1. The monoisotopic (exact) mass is 369 g/mol. The molecule has 0 atom stereocenters. The standard InChI is InChI=1S/C19H27N7O/c1-13(2)18-21-7-9-25(18)11-15-10-16(23-22-15)19(27)26(14(3)4)12-17-20-6-8-24(17)5/h6-10,13-14H,11-12H2,1-5H3,(H,22,23). The summed E-state index contributed by atoms with van der Waals surface area (Å²) in [5.41, 5.74) is 1.29. The number of nitrogens with one attached hydrogen (secondary N) is 1. The molecule has 0 saturated carbocycles. The normalized spacial score (nSPS) is 11.5. The first-order valence-electron chi connectivity index (χ1n) is 9.19. The van der Waals surface area contributed by atoms with Crippen LogP contribution in [-0.2, 0) is 20.1 Å². The number of hydrogen-bond acceptors (Lipinski definition) is 4. The Labute approximate surface area is 159 Å². The van der Waals surface area contributed by atoms with E-state index in [0.717, 1.165) is 17.3 Å². The van der Waals surface area contributed by atoms with Gasteiger partial charge < -0.3 is 14.0 Å². The smallest absolute Gasteiger partial charge is 0.274 e. The first kappa shape index (κ1) is 18.9. The summed E-state index contributed by atoms with van der Waals surface area (Å²) in [5, 5.41) is 7.24. The van der Waals surface area contributed by atoms with E-state index in [-0.39, 0.29) is 11.9 Å². The Morgan fingerprint density at radius 1 is 1.19 bits per heavy atom. The van der Waals surface area contributed by atoms with Gasteiger partial charge in [0.25, 0.3) is 5.91 Å². The Kier molecular flexibility index (Phi) is 5.43. The van der Waals surface area contributed by atoms with Crippen molar-refractivity contribution in [3.05, 3.63) is 53.9 Å². The molecule has 3 aromatic rings. The van der Waals surface area contributed by atoms with Crippen molar-refractivity contribution >= 4 is 5.91 Å². The van der Waals surface area contributed by atoms with Gasteiger partial charge >= 0.3 is 0 Å². The van der Waals surface area contributed by atoms with E-state index in [1.807, 2.05) is 43.9 Å². The van der Waals surface area contributed by atoms with Gasteiger partial charge in [-0.3, -0.25) is 9.89 Å². The highest BCUT2D eigenvalue weighted by Crippen LogP contribution is 2.15. The lowest BCUT2D eigenvalue weighted by molar-refractivity contribution is 0.0677. The van der Waals surface area contributed by atoms with Crippen LogP contribution in [0.3, 0.4) is 0 Å². The summed E-state index contributed by atoms with van der Waals surface area (Å²) >= 11 is 0. The second-order valence-electron chi connectivity index (χ2n) is 7.33. The molecule has 3 heterocycles. The van der Waals surface area contributed by atoms with E-state index in [4.69, 9.17) is 0 Å². The summed E-state index contributed by atoms with van der Waals surface area (Å²) in [6.45, 7) is 9.26. The Morgan fingerprint density at radius 3 is 2.56 bits per heavy atom. The van der Waals surface area contributed by atoms with Gasteiger partial charge in [-0.1, -0.05) is 13.8 Å². The molecule has 3 rings (SSSR count). The number of aromatic nitrogens is 6. The zero-order chi connectivity index (χ0) is 19.6. The van der Waals surface area contributed by atoms with Crippen LogP contribution >= 0.6 is 0 Å². The molecule has 0 aliphatic heterocycles. The van der Waals surface area contributed by atoms with Gasteiger partial charge in [-0.15, -0.1) is 0 Å². The average Bonchev–Trinajstić information content (AvgIpc) is 3.34. The molecule has 1 amide bonds. The third-order valence-electron chi connectivity index (χ3n) is 4.57. The number of aryl methyl sites for hydroxylation is 1. The summed E-state index contributed by atoms with van der Waals surface area (Å²) in [6, 6.07) is 1.86. The molecule has 0 bridgehead atoms. The molecule has 1 N–H and O–H groups in total. The van der Waals surface area contributed by atoms with Crippen LogP contribution in [0.25, 0.3) is 0 Å². The number of amides is 1. The van der Waals surface area contributed by atoms with Crippen molar-refractivity contribution < 1.29 is 4.79 Å². The van der Waals surface area contributed by atoms with E-state index in [1.165, 1.54) is 0 Å². The molecule has 0 radical (unpaired) electrons. The van der Waals surface area contributed by atoms with E-state index >= 15 is 0 Å². The highest BCUT2D eigenvalue weighted by Gasteiger charge is 2.23. The van der Waals surface area contributed by atoms with E-state index in [9.17, 15) is 4.79 Å². The van der Waals surface area contributed by atoms with Gasteiger partial charge in [0.2, 0.25) is 0 Å². The lowest BCUT2D eigenvalue weighted by Crippen LogP contribution is -2.37. The van der Waals surface area contributed by atoms with Crippen molar-refractivity contribution in [3.63, 3.8) is 0 Å². The lowest BCUT2D eigenvalue weighted by Gasteiger charge is -2.25. The van der Waals surface area contributed by atoms with Crippen LogP contribution < -0.4 is 0 Å². The molecule has 0 aliphatic carbocycles. The van der Waals surface area contributed by atoms with E-state index in [0.29, 0.717) is 24.7 Å². The van der Waals surface area contributed by atoms with Gasteiger partial charge in [0.05, 0.1) is 18.8 Å². The highest BCUT2D eigenvalue weighted by molar-refractivity contribution is 5.92. The van der Waals surface area contributed by atoms with Crippen LogP contribution in [0.1, 0.15) is 61.4 Å². The van der Waals surface area contributed by atoms with Crippen molar-refractivity contribution in [1.29, 1.82) is 0 Å². The predicted molar refractivity (Wildman–Crippen MR) is 102 cm³/mol. The molecule has 0 aromatic carbocycles. The zero-order valence-electron chi connectivity index (χ0n) is 16.5. The van der Waals surface area contributed by atoms with E-state index in [2.05, 4.69) is 38.6 Å². The topological polar surface area (TPSA) is 84.6 Å². The van der Waals surface area contributed by atoms with Crippen LogP contribution in [0.15, 0.2) is 30.9 Å². The predicted octanol–water partition coefficient (Wildman–Crippen LogP) is 2.56. The van der Waals surface area contributed by atoms with Crippen LogP contribution in [-0.4, -0.2) is 46.1 Å². The molecule has 0 aliphatic rings. The molecule has 0 unspecified atom stereocenters. The maximum Gasteiger partial charge on any atom is 0.274 e. The molecule has 27 heavy (non-hydrogen) atoms. The summed E-state index contributed by atoms with van der Waals surface area (Å²) < 4.78 is 3.99. The van der Waals surface area contributed by atoms with Crippen LogP contribution in [0, 0.1) is 0 Å². The molecule has 8 nitrogen and oxygen atoms in total. The Balaban J connectivity index is 1.76. The molecule has 144 valence electrons. The van der Waals surface area contributed by atoms with Crippen LogP contribution in [0.2, 0.25) is 0 Å². The van der Waals surface area contributed by atoms with Crippen molar-refractivity contribution in [2.75, 3.05) is 0 Å². The molecule has 0 spiro atoms. The summed E-state index contributed by atoms with van der Waals surface area (Å²) in [7, 11) is 1.93. The van der Waals surface area contributed by atoms with E-state index < -0.39 is 0 Å². The number of rotatable bonds is 7. The first-order chi connectivity index (χ1) is 12.9. The fraction of sp³-hybridized carbons (Fsp3) is 0.474. The Bertz CT molecular complexity index is 903. The summed E-state index contributed by atoms with van der Waals surface area (Å²) in [5.74, 6) is 2.08. The van der Waals surface area contributed by atoms with Gasteiger partial charge in [0.1, 0.15) is 11.6 Å². The molecular weight excluding hydrogens is 342 g/mol. The summed E-state index contributed by atoms with van der Waals surface area (Å²) in [6.07, 6.45) is 7.36. The van der Waals surface area contributed by atoms with Gasteiger partial charge in [-0.25, -0.2) is 9.97 Å². The number of carbonyl (C=O) groups is 1. The number of imidazole rings is 2. The maximum atomic E-state index is 13.0. The second-order valence-corrected chi connectivity index (χ2v) is 7.33. The van der Waals surface area contributed by atoms with Crippen molar-refractivity contribution in [2.24, 2.45) is 7.05 Å². The minimum atomic E-state index is -0.106. The number of nitrogens with zero attached hydrogens (tertiary/aromatic N) is 6. The number of hydrogen-bond donors (Lipinski definition) is 1. The Morgan fingerprint density at radius 2 is 1.93 bits per heavy atom. The number of H-pyrrole nitrogens is 1. The Hall–Kier alpha value is -2.90. The fourth-order valence-corrected chi connectivity index (χ4v) is 3.03. The first-order valence-corrected chi connectivity index (χ1v) is 9.19. The maximum absolute atomic E-state index is 13.0. The van der Waals surface area contributed by atoms with E-state index in [1.54, 1.807) is 17.3 Å². The van der Waals surface area contributed by atoms with Crippen molar-refractivity contribution in [1.82, 2.24) is 34.2 Å². The number of carbonyl (C=O) groups excluding carboxylic acids is 1. The largest absolute Gasteiger partial charge is 0.337 e.